The minimum atomic E-state index is -0.616. The molecular weight excluding hydrogens is 384 g/mol. The quantitative estimate of drug-likeness (QED) is 0.695. The molecule has 2 aromatic rings. The number of carbonyl (C=O) groups is 1. The van der Waals surface area contributed by atoms with Crippen LogP contribution in [0.3, 0.4) is 0 Å². The number of piperidine rings is 1. The SMILES string of the molecule is Cl.O=C(N[C@@H]1CCNC[C@H]1O)c1c(N2CCOCC2)noc1-c1ccccc1. The number of hydrogen-bond donors (Lipinski definition) is 3. The molecule has 0 radical (unpaired) electrons. The first-order valence-electron chi connectivity index (χ1n) is 9.31. The molecule has 2 saturated heterocycles. The van der Waals surface area contributed by atoms with E-state index in [0.29, 0.717) is 56.4 Å². The fourth-order valence-electron chi connectivity index (χ4n) is 3.52. The fraction of sp³-hybridized carbons (Fsp3) is 0.474. The van der Waals surface area contributed by atoms with Crippen LogP contribution in [0.2, 0.25) is 0 Å². The van der Waals surface area contributed by atoms with Gasteiger partial charge in [-0.05, 0) is 13.0 Å². The molecule has 3 N–H and O–H groups in total. The van der Waals surface area contributed by atoms with Gasteiger partial charge in [-0.15, -0.1) is 12.4 Å². The van der Waals surface area contributed by atoms with E-state index in [1.807, 2.05) is 35.2 Å². The predicted octanol–water partition coefficient (Wildman–Crippen LogP) is 1.05. The van der Waals surface area contributed by atoms with Gasteiger partial charge >= 0.3 is 0 Å². The normalized spacial score (nSPS) is 22.4. The summed E-state index contributed by atoms with van der Waals surface area (Å²) in [6.45, 7) is 3.70. The number of amides is 1. The van der Waals surface area contributed by atoms with Crippen LogP contribution in [0.4, 0.5) is 5.82 Å². The molecule has 4 rings (SSSR count). The molecule has 9 heteroatoms. The summed E-state index contributed by atoms with van der Waals surface area (Å²) in [7, 11) is 0. The Morgan fingerprint density at radius 1 is 1.25 bits per heavy atom. The van der Waals surface area contributed by atoms with Crippen LogP contribution in [0.1, 0.15) is 16.8 Å². The van der Waals surface area contributed by atoms with Gasteiger partial charge in [0.25, 0.3) is 5.91 Å². The molecule has 0 bridgehead atoms. The van der Waals surface area contributed by atoms with Crippen molar-refractivity contribution in [3.8, 4) is 11.3 Å². The number of hydrogen-bond acceptors (Lipinski definition) is 7. The third-order valence-electron chi connectivity index (χ3n) is 5.01. The molecule has 2 fully saturated rings. The molecule has 2 aliphatic rings. The Morgan fingerprint density at radius 2 is 2.00 bits per heavy atom. The molecule has 0 aliphatic carbocycles. The van der Waals surface area contributed by atoms with Gasteiger partial charge in [0.2, 0.25) is 0 Å². The molecule has 0 saturated carbocycles. The summed E-state index contributed by atoms with van der Waals surface area (Å²) < 4.78 is 11.0. The van der Waals surface area contributed by atoms with E-state index < -0.39 is 6.10 Å². The second kappa shape index (κ2) is 9.38. The van der Waals surface area contributed by atoms with Crippen LogP contribution in [-0.2, 0) is 4.74 Å². The number of carbonyl (C=O) groups excluding carboxylic acids is 1. The topological polar surface area (TPSA) is 99.9 Å². The highest BCUT2D eigenvalue weighted by Gasteiger charge is 2.32. The number of benzene rings is 1. The van der Waals surface area contributed by atoms with Crippen molar-refractivity contribution < 1.29 is 19.2 Å². The van der Waals surface area contributed by atoms with E-state index in [1.54, 1.807) is 0 Å². The predicted molar refractivity (Wildman–Crippen MR) is 107 cm³/mol. The number of aromatic nitrogens is 1. The first-order chi connectivity index (χ1) is 13.2. The van der Waals surface area contributed by atoms with Gasteiger partial charge in [-0.1, -0.05) is 35.5 Å². The zero-order chi connectivity index (χ0) is 18.6. The number of aliphatic hydroxyl groups is 1. The summed E-state index contributed by atoms with van der Waals surface area (Å²) in [5.41, 5.74) is 1.20. The van der Waals surface area contributed by atoms with Crippen LogP contribution in [0.5, 0.6) is 0 Å². The molecule has 0 unspecified atom stereocenters. The maximum Gasteiger partial charge on any atom is 0.259 e. The van der Waals surface area contributed by atoms with Crippen molar-refractivity contribution in [2.45, 2.75) is 18.6 Å². The summed E-state index contributed by atoms with van der Waals surface area (Å²) in [5, 5.41) is 20.5. The Morgan fingerprint density at radius 3 is 2.71 bits per heavy atom. The van der Waals surface area contributed by atoms with Crippen LogP contribution >= 0.6 is 12.4 Å². The van der Waals surface area contributed by atoms with Crippen molar-refractivity contribution in [2.75, 3.05) is 44.3 Å². The van der Waals surface area contributed by atoms with E-state index >= 15 is 0 Å². The summed E-state index contributed by atoms with van der Waals surface area (Å²) in [4.78, 5) is 15.2. The first-order valence-corrected chi connectivity index (χ1v) is 9.31. The Labute approximate surface area is 169 Å². The lowest BCUT2D eigenvalue weighted by molar-refractivity contribution is 0.0765. The van der Waals surface area contributed by atoms with Gasteiger partial charge in [-0.25, -0.2) is 0 Å². The minimum absolute atomic E-state index is 0. The molecule has 1 aromatic heterocycles. The number of β-amino-alcohol motifs (C(OH)–C–C–N with tert-alkyl or cyclic N) is 1. The van der Waals surface area contributed by atoms with Gasteiger partial charge in [0.1, 0.15) is 5.56 Å². The maximum atomic E-state index is 13.2. The standard InChI is InChI=1S/C19H24N4O4.ClH/c24-15-12-20-7-6-14(15)21-19(25)16-17(13-4-2-1-3-5-13)27-22-18(16)23-8-10-26-11-9-23;/h1-5,14-15,20,24H,6-12H2,(H,21,25);1H/t14-,15-;/m1./s1. The summed E-state index contributed by atoms with van der Waals surface area (Å²) in [5.74, 6) is 0.693. The fourth-order valence-corrected chi connectivity index (χ4v) is 3.52. The Balaban J connectivity index is 0.00000225. The second-order valence-corrected chi connectivity index (χ2v) is 6.82. The number of anilines is 1. The number of ether oxygens (including phenoxy) is 1. The van der Waals surface area contributed by atoms with Crippen molar-refractivity contribution >= 4 is 24.1 Å². The van der Waals surface area contributed by atoms with Crippen molar-refractivity contribution in [3.05, 3.63) is 35.9 Å². The van der Waals surface area contributed by atoms with Gasteiger partial charge in [0.05, 0.1) is 25.4 Å². The average molecular weight is 409 g/mol. The van der Waals surface area contributed by atoms with E-state index in [1.165, 1.54) is 0 Å². The number of nitrogens with zero attached hydrogens (tertiary/aromatic N) is 2. The van der Waals surface area contributed by atoms with Gasteiger partial charge in [0, 0.05) is 25.2 Å². The second-order valence-electron chi connectivity index (χ2n) is 6.82. The molecule has 8 nitrogen and oxygen atoms in total. The van der Waals surface area contributed by atoms with E-state index in [0.717, 1.165) is 12.1 Å². The molecule has 2 atom stereocenters. The third-order valence-corrected chi connectivity index (χ3v) is 5.01. The van der Waals surface area contributed by atoms with Crippen molar-refractivity contribution in [1.82, 2.24) is 15.8 Å². The first kappa shape index (κ1) is 20.6. The third kappa shape index (κ3) is 4.30. The van der Waals surface area contributed by atoms with Gasteiger partial charge in [-0.2, -0.15) is 0 Å². The van der Waals surface area contributed by atoms with Gasteiger partial charge in [0.15, 0.2) is 11.6 Å². The lowest BCUT2D eigenvalue weighted by Gasteiger charge is -2.30. The average Bonchev–Trinajstić information content (AvgIpc) is 3.16. The monoisotopic (exact) mass is 408 g/mol. The van der Waals surface area contributed by atoms with E-state index in [4.69, 9.17) is 9.26 Å². The minimum Gasteiger partial charge on any atom is -0.390 e. The van der Waals surface area contributed by atoms with Crippen LogP contribution in [0, 0.1) is 0 Å². The smallest absolute Gasteiger partial charge is 0.259 e. The van der Waals surface area contributed by atoms with Crippen LogP contribution in [0.25, 0.3) is 11.3 Å². The number of halogens is 1. The Kier molecular flexibility index (Phi) is 6.90. The zero-order valence-corrected chi connectivity index (χ0v) is 16.3. The summed E-state index contributed by atoms with van der Waals surface area (Å²) in [6.07, 6.45) is 0.0562. The van der Waals surface area contributed by atoms with Crippen molar-refractivity contribution in [1.29, 1.82) is 0 Å². The van der Waals surface area contributed by atoms with Crippen LogP contribution in [0.15, 0.2) is 34.9 Å². The van der Waals surface area contributed by atoms with Gasteiger partial charge in [-0.3, -0.25) is 4.79 Å². The molecule has 152 valence electrons. The van der Waals surface area contributed by atoms with E-state index in [2.05, 4.69) is 15.8 Å². The number of rotatable bonds is 4. The van der Waals surface area contributed by atoms with E-state index in [9.17, 15) is 9.90 Å². The van der Waals surface area contributed by atoms with Crippen molar-refractivity contribution in [2.24, 2.45) is 0 Å². The lowest BCUT2D eigenvalue weighted by Crippen LogP contribution is -2.52. The Hall–Kier alpha value is -2.13. The zero-order valence-electron chi connectivity index (χ0n) is 15.5. The highest BCUT2D eigenvalue weighted by molar-refractivity contribution is 6.04. The Bertz CT molecular complexity index is 779. The molecule has 2 aliphatic heterocycles. The molecule has 1 aromatic carbocycles. The highest BCUT2D eigenvalue weighted by Crippen LogP contribution is 2.32. The maximum absolute atomic E-state index is 13.2. The molecule has 1 amide bonds. The molecular formula is C19H25ClN4O4. The lowest BCUT2D eigenvalue weighted by atomic mass is 10.0. The summed E-state index contributed by atoms with van der Waals surface area (Å²) in [6, 6.07) is 9.18. The van der Waals surface area contributed by atoms with Crippen LogP contribution < -0.4 is 15.5 Å². The largest absolute Gasteiger partial charge is 0.390 e. The summed E-state index contributed by atoms with van der Waals surface area (Å²) >= 11 is 0. The molecule has 0 spiro atoms. The number of nitrogens with one attached hydrogen (secondary N) is 2. The number of morpholine rings is 1. The molecule has 3 heterocycles. The number of aliphatic hydroxyl groups excluding tert-OH is 1. The van der Waals surface area contributed by atoms with Crippen molar-refractivity contribution in [3.63, 3.8) is 0 Å². The highest BCUT2D eigenvalue weighted by atomic mass is 35.5. The van der Waals surface area contributed by atoms with E-state index in [-0.39, 0.29) is 24.4 Å². The van der Waals surface area contributed by atoms with Gasteiger partial charge < -0.3 is 29.9 Å². The molecule has 28 heavy (non-hydrogen) atoms. The van der Waals surface area contributed by atoms with Crippen LogP contribution in [-0.4, -0.2) is 67.7 Å².